The van der Waals surface area contributed by atoms with Crippen molar-refractivity contribution in [3.05, 3.63) is 0 Å². The Kier molecular flexibility index (Phi) is 6.71. The monoisotopic (exact) mass is 250 g/mol. The third kappa shape index (κ3) is 7.22. The summed E-state index contributed by atoms with van der Waals surface area (Å²) in [5, 5.41) is 13.4. The third-order valence-electron chi connectivity index (χ3n) is 1.98. The molecule has 0 aromatic rings. The summed E-state index contributed by atoms with van der Waals surface area (Å²) in [4.78, 5) is 21.6. The molecule has 0 bridgehead atoms. The van der Waals surface area contributed by atoms with Crippen molar-refractivity contribution in [2.45, 2.75) is 31.6 Å². The van der Waals surface area contributed by atoms with Crippen molar-refractivity contribution in [1.29, 1.82) is 0 Å². The predicted molar refractivity (Wildman–Crippen MR) is 61.8 cm³/mol. The summed E-state index contributed by atoms with van der Waals surface area (Å²) in [6.45, 7) is 3.67. The molecule has 3 atom stereocenters. The molecule has 16 heavy (non-hydrogen) atoms. The molecule has 0 spiro atoms. The molecule has 6 nitrogen and oxygen atoms in total. The van der Waals surface area contributed by atoms with Crippen LogP contribution in [-0.4, -0.2) is 45.4 Å². The summed E-state index contributed by atoms with van der Waals surface area (Å²) in [7, 11) is -0.985. The molecule has 0 aliphatic heterocycles. The molecule has 0 heterocycles. The molecule has 0 fully saturated rings. The molecule has 0 aliphatic rings. The largest absolute Gasteiger partial charge is 0.481 e. The topological polar surface area (TPSA) is 95.5 Å². The van der Waals surface area contributed by atoms with Crippen LogP contribution in [0.15, 0.2) is 0 Å². The lowest BCUT2D eigenvalue weighted by atomic mass is 10.2. The first-order valence-electron chi connectivity index (χ1n) is 4.91. The minimum absolute atomic E-state index is 0.122. The summed E-state index contributed by atoms with van der Waals surface area (Å²) in [6, 6.07) is -0.869. The van der Waals surface area contributed by atoms with Crippen LogP contribution in [0, 0.1) is 0 Å². The molecule has 0 radical (unpaired) electrons. The zero-order chi connectivity index (χ0) is 12.7. The highest BCUT2D eigenvalue weighted by atomic mass is 32.2. The van der Waals surface area contributed by atoms with E-state index >= 15 is 0 Å². The van der Waals surface area contributed by atoms with Crippen LogP contribution in [-0.2, 0) is 15.6 Å². The summed E-state index contributed by atoms with van der Waals surface area (Å²) >= 11 is 0. The Morgan fingerprint density at radius 1 is 1.38 bits per heavy atom. The average molecular weight is 250 g/mol. The maximum atomic E-state index is 11.2. The molecule has 2 amide bonds. The van der Waals surface area contributed by atoms with Crippen molar-refractivity contribution in [3.8, 4) is 0 Å². The van der Waals surface area contributed by atoms with Crippen LogP contribution in [0.4, 0.5) is 4.79 Å². The van der Waals surface area contributed by atoms with Gasteiger partial charge in [0.15, 0.2) is 0 Å². The van der Waals surface area contributed by atoms with E-state index in [1.165, 1.54) is 0 Å². The number of nitrogens with one attached hydrogen (secondary N) is 2. The lowest BCUT2D eigenvalue weighted by molar-refractivity contribution is -0.137. The second-order valence-electron chi connectivity index (χ2n) is 3.66. The highest BCUT2D eigenvalue weighted by Crippen LogP contribution is 1.91. The number of aliphatic carboxylic acids is 1. The van der Waals surface area contributed by atoms with E-state index in [2.05, 4.69) is 10.6 Å². The van der Waals surface area contributed by atoms with Gasteiger partial charge in [-0.25, -0.2) is 4.79 Å². The summed E-state index contributed by atoms with van der Waals surface area (Å²) in [5.74, 6) is -0.962. The predicted octanol–water partition coefficient (Wildman–Crippen LogP) is -0.0842. The Morgan fingerprint density at radius 2 is 1.94 bits per heavy atom. The van der Waals surface area contributed by atoms with Gasteiger partial charge in [-0.05, 0) is 13.8 Å². The lowest BCUT2D eigenvalue weighted by Crippen LogP contribution is -2.44. The van der Waals surface area contributed by atoms with Gasteiger partial charge in [-0.2, -0.15) is 0 Å². The zero-order valence-electron chi connectivity index (χ0n) is 9.65. The van der Waals surface area contributed by atoms with Crippen molar-refractivity contribution < 1.29 is 18.9 Å². The van der Waals surface area contributed by atoms with E-state index in [4.69, 9.17) is 5.11 Å². The van der Waals surface area contributed by atoms with Crippen molar-refractivity contribution in [1.82, 2.24) is 10.6 Å². The van der Waals surface area contributed by atoms with Gasteiger partial charge in [-0.3, -0.25) is 9.00 Å². The number of amides is 2. The van der Waals surface area contributed by atoms with Gasteiger partial charge in [-0.15, -0.1) is 0 Å². The Hall–Kier alpha value is -1.11. The molecule has 0 aromatic heterocycles. The van der Waals surface area contributed by atoms with Crippen molar-refractivity contribution >= 4 is 22.8 Å². The van der Waals surface area contributed by atoms with Crippen molar-refractivity contribution in [3.63, 3.8) is 0 Å². The van der Waals surface area contributed by atoms with Gasteiger partial charge in [0.05, 0.1) is 6.42 Å². The quantitative estimate of drug-likeness (QED) is 0.614. The van der Waals surface area contributed by atoms with Crippen LogP contribution >= 0.6 is 0 Å². The normalized spacial score (nSPS) is 15.9. The second kappa shape index (κ2) is 7.21. The van der Waals surface area contributed by atoms with E-state index in [-0.39, 0.29) is 11.7 Å². The van der Waals surface area contributed by atoms with E-state index in [9.17, 15) is 13.8 Å². The summed E-state index contributed by atoms with van der Waals surface area (Å²) < 4.78 is 11.0. The second-order valence-corrected chi connectivity index (χ2v) is 5.46. The Morgan fingerprint density at radius 3 is 2.38 bits per heavy atom. The smallest absolute Gasteiger partial charge is 0.315 e. The maximum Gasteiger partial charge on any atom is 0.315 e. The van der Waals surface area contributed by atoms with Gasteiger partial charge in [0.1, 0.15) is 0 Å². The Labute approximate surface area is 97.3 Å². The summed E-state index contributed by atoms with van der Waals surface area (Å²) in [5.41, 5.74) is 0. The van der Waals surface area contributed by atoms with Crippen molar-refractivity contribution in [2.24, 2.45) is 0 Å². The fraction of sp³-hybridized carbons (Fsp3) is 0.778. The SMILES string of the molecule is CC(CC(=O)O)NC(=O)NCC(C)S(C)=O. The fourth-order valence-electron chi connectivity index (χ4n) is 0.942. The maximum absolute atomic E-state index is 11.2. The van der Waals surface area contributed by atoms with Crippen LogP contribution in [0.2, 0.25) is 0 Å². The molecule has 0 aromatic carbocycles. The highest BCUT2D eigenvalue weighted by molar-refractivity contribution is 7.84. The number of carboxylic acid groups (broad SMARTS) is 1. The van der Waals surface area contributed by atoms with E-state index in [1.807, 2.05) is 0 Å². The van der Waals surface area contributed by atoms with Crippen LogP contribution in [0.1, 0.15) is 20.3 Å². The van der Waals surface area contributed by atoms with Gasteiger partial charge in [0, 0.05) is 34.9 Å². The first kappa shape index (κ1) is 14.9. The van der Waals surface area contributed by atoms with Crippen LogP contribution in [0.3, 0.4) is 0 Å². The molecule has 7 heteroatoms. The minimum Gasteiger partial charge on any atom is -0.481 e. The van der Waals surface area contributed by atoms with E-state index in [0.29, 0.717) is 6.54 Å². The van der Waals surface area contributed by atoms with Gasteiger partial charge >= 0.3 is 12.0 Å². The number of carboxylic acids is 1. The Bertz CT molecular complexity index is 283. The molecular formula is C9H18N2O4S. The Balaban J connectivity index is 3.82. The fourth-order valence-corrected chi connectivity index (χ4v) is 1.26. The minimum atomic E-state index is -0.985. The van der Waals surface area contributed by atoms with Crippen LogP contribution in [0.5, 0.6) is 0 Å². The van der Waals surface area contributed by atoms with Gasteiger partial charge in [-0.1, -0.05) is 0 Å². The average Bonchev–Trinajstić information content (AvgIpc) is 2.12. The highest BCUT2D eigenvalue weighted by Gasteiger charge is 2.12. The van der Waals surface area contributed by atoms with Gasteiger partial charge in [0.25, 0.3) is 0 Å². The van der Waals surface area contributed by atoms with Gasteiger partial charge in [0.2, 0.25) is 0 Å². The third-order valence-corrected chi connectivity index (χ3v) is 3.27. The number of hydrogen-bond acceptors (Lipinski definition) is 3. The lowest BCUT2D eigenvalue weighted by Gasteiger charge is -2.14. The first-order valence-corrected chi connectivity index (χ1v) is 6.53. The van der Waals surface area contributed by atoms with E-state index in [0.717, 1.165) is 0 Å². The molecule has 3 unspecified atom stereocenters. The standard InChI is InChI=1S/C9H18N2O4S/c1-6(4-8(12)13)11-9(14)10-5-7(2)16(3)15/h6-7H,4-5H2,1-3H3,(H,12,13)(H2,10,11,14). The first-order chi connectivity index (χ1) is 7.32. The molecule has 3 N–H and O–H groups in total. The molecule has 0 aliphatic carbocycles. The number of hydrogen-bond donors (Lipinski definition) is 3. The molecule has 94 valence electrons. The number of urea groups is 1. The van der Waals surface area contributed by atoms with Crippen LogP contribution in [0.25, 0.3) is 0 Å². The van der Waals surface area contributed by atoms with Crippen molar-refractivity contribution in [2.75, 3.05) is 12.8 Å². The summed E-state index contributed by atoms with van der Waals surface area (Å²) in [6.07, 6.45) is 1.44. The molecule has 0 saturated carbocycles. The van der Waals surface area contributed by atoms with Crippen LogP contribution < -0.4 is 10.6 Å². The van der Waals surface area contributed by atoms with Gasteiger partial charge < -0.3 is 15.7 Å². The number of rotatable bonds is 6. The van der Waals surface area contributed by atoms with E-state index in [1.54, 1.807) is 20.1 Å². The van der Waals surface area contributed by atoms with E-state index < -0.39 is 28.8 Å². The number of carbonyl (C=O) groups excluding carboxylic acids is 1. The molecule has 0 saturated heterocycles. The molecule has 0 rings (SSSR count). The zero-order valence-corrected chi connectivity index (χ0v) is 10.5. The number of carbonyl (C=O) groups is 2. The molecular weight excluding hydrogens is 232 g/mol.